The SMILES string of the molecule is Cc1ccc2nc(-c3ccc(NC(=O)C(C)C(C)N)cc3)sc2c1.Cl. The fraction of sp³-hybridized carbons (Fsp3) is 0.263. The van der Waals surface area contributed by atoms with Gasteiger partial charge in [0.1, 0.15) is 5.01 Å². The van der Waals surface area contributed by atoms with E-state index < -0.39 is 0 Å². The van der Waals surface area contributed by atoms with E-state index in [9.17, 15) is 4.79 Å². The molecule has 1 aromatic heterocycles. The van der Waals surface area contributed by atoms with Gasteiger partial charge in [0.05, 0.1) is 16.1 Å². The first kappa shape index (κ1) is 19.4. The highest BCUT2D eigenvalue weighted by Crippen LogP contribution is 2.31. The second-order valence-corrected chi connectivity index (χ2v) is 7.24. The maximum atomic E-state index is 12.1. The van der Waals surface area contributed by atoms with Gasteiger partial charge in [-0.1, -0.05) is 13.0 Å². The Morgan fingerprint density at radius 2 is 1.84 bits per heavy atom. The number of benzene rings is 2. The number of aryl methyl sites for hydroxylation is 1. The Hall–Kier alpha value is -1.95. The lowest BCUT2D eigenvalue weighted by atomic mass is 10.0. The summed E-state index contributed by atoms with van der Waals surface area (Å²) in [7, 11) is 0. The number of nitrogens with two attached hydrogens (primary N) is 1. The van der Waals surface area contributed by atoms with Crippen molar-refractivity contribution in [3.8, 4) is 10.6 Å². The minimum Gasteiger partial charge on any atom is -0.327 e. The number of fused-ring (bicyclic) bond motifs is 1. The third-order valence-corrected chi connectivity index (χ3v) is 5.21. The van der Waals surface area contributed by atoms with Crippen molar-refractivity contribution in [3.05, 3.63) is 48.0 Å². The third kappa shape index (κ3) is 4.37. The van der Waals surface area contributed by atoms with Crippen LogP contribution in [0.4, 0.5) is 5.69 Å². The van der Waals surface area contributed by atoms with E-state index in [-0.39, 0.29) is 30.3 Å². The molecule has 3 aromatic rings. The Balaban J connectivity index is 0.00000225. The van der Waals surface area contributed by atoms with Crippen LogP contribution in [-0.4, -0.2) is 16.9 Å². The van der Waals surface area contributed by atoms with Gasteiger partial charge in [-0.3, -0.25) is 4.79 Å². The van der Waals surface area contributed by atoms with E-state index in [1.807, 2.05) is 38.1 Å². The number of carbonyl (C=O) groups excluding carboxylic acids is 1. The Kier molecular flexibility index (Phi) is 6.16. The summed E-state index contributed by atoms with van der Waals surface area (Å²) in [6.07, 6.45) is 0. The number of halogens is 1. The molecule has 0 aliphatic carbocycles. The number of rotatable bonds is 4. The molecule has 0 radical (unpaired) electrons. The Labute approximate surface area is 157 Å². The number of hydrogen-bond acceptors (Lipinski definition) is 4. The van der Waals surface area contributed by atoms with E-state index in [1.54, 1.807) is 11.3 Å². The molecule has 1 amide bonds. The summed E-state index contributed by atoms with van der Waals surface area (Å²) in [6, 6.07) is 13.9. The number of hydrogen-bond donors (Lipinski definition) is 2. The quantitative estimate of drug-likeness (QED) is 0.699. The van der Waals surface area contributed by atoms with Crippen molar-refractivity contribution < 1.29 is 4.79 Å². The third-order valence-electron chi connectivity index (χ3n) is 4.15. The summed E-state index contributed by atoms with van der Waals surface area (Å²) in [5, 5.41) is 3.88. The largest absolute Gasteiger partial charge is 0.327 e. The topological polar surface area (TPSA) is 68.0 Å². The van der Waals surface area contributed by atoms with E-state index in [0.717, 1.165) is 21.8 Å². The first-order valence-corrected chi connectivity index (χ1v) is 8.80. The second kappa shape index (κ2) is 7.95. The molecule has 0 saturated heterocycles. The van der Waals surface area contributed by atoms with Crippen molar-refractivity contribution in [1.82, 2.24) is 4.98 Å². The van der Waals surface area contributed by atoms with Gasteiger partial charge in [0, 0.05) is 17.3 Å². The molecule has 25 heavy (non-hydrogen) atoms. The van der Waals surface area contributed by atoms with Gasteiger partial charge >= 0.3 is 0 Å². The minimum atomic E-state index is -0.225. The molecule has 2 atom stereocenters. The number of nitrogens with zero attached hydrogens (tertiary/aromatic N) is 1. The molecule has 1 heterocycles. The molecule has 0 bridgehead atoms. The van der Waals surface area contributed by atoms with Crippen LogP contribution in [-0.2, 0) is 4.79 Å². The van der Waals surface area contributed by atoms with Crippen molar-refractivity contribution in [2.24, 2.45) is 11.7 Å². The van der Waals surface area contributed by atoms with Crippen molar-refractivity contribution >= 4 is 45.6 Å². The lowest BCUT2D eigenvalue weighted by Gasteiger charge is -2.15. The highest BCUT2D eigenvalue weighted by atomic mass is 35.5. The number of carbonyl (C=O) groups is 1. The van der Waals surface area contributed by atoms with Crippen LogP contribution in [0.3, 0.4) is 0 Å². The number of nitrogens with one attached hydrogen (secondary N) is 1. The van der Waals surface area contributed by atoms with E-state index >= 15 is 0 Å². The first-order valence-electron chi connectivity index (χ1n) is 7.98. The summed E-state index contributed by atoms with van der Waals surface area (Å²) in [5.74, 6) is -0.287. The molecule has 2 aromatic carbocycles. The summed E-state index contributed by atoms with van der Waals surface area (Å²) in [4.78, 5) is 16.7. The minimum absolute atomic E-state index is 0. The van der Waals surface area contributed by atoms with Crippen LogP contribution in [0.1, 0.15) is 19.4 Å². The number of amides is 1. The Morgan fingerprint density at radius 3 is 2.48 bits per heavy atom. The van der Waals surface area contributed by atoms with Crippen LogP contribution in [0.5, 0.6) is 0 Å². The predicted octanol–water partition coefficient (Wildman–Crippen LogP) is 4.62. The molecule has 132 valence electrons. The van der Waals surface area contributed by atoms with E-state index in [0.29, 0.717) is 0 Å². The molecule has 3 rings (SSSR count). The zero-order chi connectivity index (χ0) is 17.3. The lowest BCUT2D eigenvalue weighted by molar-refractivity contribution is -0.119. The van der Waals surface area contributed by atoms with Gasteiger partial charge in [-0.25, -0.2) is 4.98 Å². The molecule has 2 unspecified atom stereocenters. The molecule has 0 aliphatic heterocycles. The summed E-state index contributed by atoms with van der Waals surface area (Å²) in [5.41, 5.74) is 9.84. The van der Waals surface area contributed by atoms with Crippen molar-refractivity contribution in [2.75, 3.05) is 5.32 Å². The zero-order valence-corrected chi connectivity index (χ0v) is 16.1. The monoisotopic (exact) mass is 375 g/mol. The van der Waals surface area contributed by atoms with Crippen LogP contribution < -0.4 is 11.1 Å². The first-order chi connectivity index (χ1) is 11.4. The van der Waals surface area contributed by atoms with Crippen LogP contribution >= 0.6 is 23.7 Å². The van der Waals surface area contributed by atoms with Crippen LogP contribution in [0.2, 0.25) is 0 Å². The molecular formula is C19H22ClN3OS. The van der Waals surface area contributed by atoms with Crippen molar-refractivity contribution in [3.63, 3.8) is 0 Å². The van der Waals surface area contributed by atoms with E-state index in [1.165, 1.54) is 10.3 Å². The average Bonchev–Trinajstić information content (AvgIpc) is 2.97. The molecular weight excluding hydrogens is 354 g/mol. The van der Waals surface area contributed by atoms with Crippen molar-refractivity contribution in [2.45, 2.75) is 26.8 Å². The lowest BCUT2D eigenvalue weighted by Crippen LogP contribution is -2.34. The van der Waals surface area contributed by atoms with Gasteiger partial charge in [-0.05, 0) is 55.8 Å². The maximum Gasteiger partial charge on any atom is 0.228 e. The fourth-order valence-electron chi connectivity index (χ4n) is 2.35. The van der Waals surface area contributed by atoms with Gasteiger partial charge in [-0.15, -0.1) is 23.7 Å². The molecule has 0 saturated carbocycles. The summed E-state index contributed by atoms with van der Waals surface area (Å²) < 4.78 is 1.19. The molecule has 0 spiro atoms. The van der Waals surface area contributed by atoms with Crippen molar-refractivity contribution in [1.29, 1.82) is 0 Å². The highest BCUT2D eigenvalue weighted by Gasteiger charge is 2.17. The molecule has 0 aliphatic rings. The summed E-state index contributed by atoms with van der Waals surface area (Å²) >= 11 is 1.68. The van der Waals surface area contributed by atoms with Gasteiger partial charge in [0.15, 0.2) is 0 Å². The van der Waals surface area contributed by atoms with Gasteiger partial charge < -0.3 is 11.1 Å². The van der Waals surface area contributed by atoms with E-state index in [4.69, 9.17) is 5.73 Å². The molecule has 3 N–H and O–H groups in total. The van der Waals surface area contributed by atoms with Crippen LogP contribution in [0.25, 0.3) is 20.8 Å². The highest BCUT2D eigenvalue weighted by molar-refractivity contribution is 7.21. The molecule has 4 nitrogen and oxygen atoms in total. The summed E-state index contributed by atoms with van der Waals surface area (Å²) in [6.45, 7) is 5.75. The van der Waals surface area contributed by atoms with E-state index in [2.05, 4.69) is 35.4 Å². The average molecular weight is 376 g/mol. The number of aromatic nitrogens is 1. The second-order valence-electron chi connectivity index (χ2n) is 6.20. The number of anilines is 1. The Bertz CT molecular complexity index is 874. The predicted molar refractivity (Wildman–Crippen MR) is 108 cm³/mol. The zero-order valence-electron chi connectivity index (χ0n) is 14.4. The Morgan fingerprint density at radius 1 is 1.16 bits per heavy atom. The van der Waals surface area contributed by atoms with Crippen LogP contribution in [0, 0.1) is 12.8 Å². The van der Waals surface area contributed by atoms with Gasteiger partial charge in [0.2, 0.25) is 5.91 Å². The number of thiazole rings is 1. The van der Waals surface area contributed by atoms with Gasteiger partial charge in [0.25, 0.3) is 0 Å². The van der Waals surface area contributed by atoms with Gasteiger partial charge in [-0.2, -0.15) is 0 Å². The van der Waals surface area contributed by atoms with Crippen LogP contribution in [0.15, 0.2) is 42.5 Å². The smallest absolute Gasteiger partial charge is 0.228 e. The molecule has 0 fully saturated rings. The maximum absolute atomic E-state index is 12.1. The fourth-order valence-corrected chi connectivity index (χ4v) is 3.42. The molecule has 6 heteroatoms. The normalized spacial score (nSPS) is 13.1. The standard InChI is InChI=1S/C19H21N3OS.ClH/c1-11-4-9-16-17(10-11)24-19(22-16)14-5-7-15(8-6-14)21-18(23)12(2)13(3)20;/h4-10,12-13H,20H2,1-3H3,(H,21,23);1H.